The number of nitrogens with one attached hydrogen (secondary N) is 1. The monoisotopic (exact) mass is 407 g/mol. The van der Waals surface area contributed by atoms with Gasteiger partial charge in [0.25, 0.3) is 0 Å². The van der Waals surface area contributed by atoms with Crippen LogP contribution in [0.15, 0.2) is 29.3 Å². The van der Waals surface area contributed by atoms with Crippen LogP contribution in [0.1, 0.15) is 38.7 Å². The van der Waals surface area contributed by atoms with Gasteiger partial charge in [0.05, 0.1) is 6.54 Å². The van der Waals surface area contributed by atoms with Crippen molar-refractivity contribution >= 4 is 41.5 Å². The first-order chi connectivity index (χ1) is 9.03. The van der Waals surface area contributed by atoms with Crippen LogP contribution in [0.3, 0.4) is 0 Å². The first-order valence-electron chi connectivity index (χ1n) is 6.85. The van der Waals surface area contributed by atoms with Crippen LogP contribution in [0.5, 0.6) is 0 Å². The number of hydrogen-bond acceptors (Lipinski definition) is 1. The average molecular weight is 408 g/mol. The fourth-order valence-corrected chi connectivity index (χ4v) is 2.92. The highest BCUT2D eigenvalue weighted by molar-refractivity contribution is 14.0. The Morgan fingerprint density at radius 1 is 1.40 bits per heavy atom. The van der Waals surface area contributed by atoms with Crippen LogP contribution in [0.25, 0.3) is 0 Å². The van der Waals surface area contributed by atoms with Crippen molar-refractivity contribution in [1.82, 2.24) is 5.32 Å². The third-order valence-electron chi connectivity index (χ3n) is 3.74. The van der Waals surface area contributed by atoms with Crippen LogP contribution in [-0.2, 0) is 5.41 Å². The van der Waals surface area contributed by atoms with Gasteiger partial charge in [-0.05, 0) is 38.3 Å². The number of aliphatic imine (C=N–C) groups is 1. The van der Waals surface area contributed by atoms with E-state index in [0.717, 1.165) is 17.9 Å². The SMILES string of the molecule is CC(C)NC(N)=NCC1(c2ccccc2Cl)CCC1.I. The van der Waals surface area contributed by atoms with Crippen molar-refractivity contribution in [2.75, 3.05) is 6.54 Å². The first kappa shape index (κ1) is 17.6. The van der Waals surface area contributed by atoms with Crippen LogP contribution >= 0.6 is 35.6 Å². The van der Waals surface area contributed by atoms with E-state index in [1.54, 1.807) is 0 Å². The molecule has 1 aromatic carbocycles. The zero-order chi connectivity index (χ0) is 13.9. The minimum atomic E-state index is 0. The molecule has 0 heterocycles. The minimum Gasteiger partial charge on any atom is -0.370 e. The molecule has 112 valence electrons. The maximum Gasteiger partial charge on any atom is 0.188 e. The Labute approximate surface area is 143 Å². The summed E-state index contributed by atoms with van der Waals surface area (Å²) in [5.41, 5.74) is 7.18. The molecule has 2 rings (SSSR count). The van der Waals surface area contributed by atoms with Gasteiger partial charge in [-0.2, -0.15) is 0 Å². The lowest BCUT2D eigenvalue weighted by atomic mass is 9.64. The summed E-state index contributed by atoms with van der Waals surface area (Å²) in [5, 5.41) is 3.96. The van der Waals surface area contributed by atoms with Crippen molar-refractivity contribution in [1.29, 1.82) is 0 Å². The summed E-state index contributed by atoms with van der Waals surface area (Å²) in [6.45, 7) is 4.81. The molecular weight excluding hydrogens is 385 g/mol. The second kappa shape index (κ2) is 7.50. The van der Waals surface area contributed by atoms with Crippen molar-refractivity contribution in [2.45, 2.75) is 44.6 Å². The summed E-state index contributed by atoms with van der Waals surface area (Å²) >= 11 is 6.33. The van der Waals surface area contributed by atoms with E-state index in [2.05, 4.69) is 30.2 Å². The maximum absolute atomic E-state index is 6.33. The topological polar surface area (TPSA) is 50.4 Å². The zero-order valence-electron chi connectivity index (χ0n) is 12.0. The second-order valence-electron chi connectivity index (χ2n) is 5.61. The predicted molar refractivity (Wildman–Crippen MR) is 97.2 cm³/mol. The van der Waals surface area contributed by atoms with Gasteiger partial charge in [-0.3, -0.25) is 4.99 Å². The third-order valence-corrected chi connectivity index (χ3v) is 4.07. The largest absolute Gasteiger partial charge is 0.370 e. The van der Waals surface area contributed by atoms with Gasteiger partial charge in [0.15, 0.2) is 5.96 Å². The molecule has 3 N–H and O–H groups in total. The summed E-state index contributed by atoms with van der Waals surface area (Å²) in [7, 11) is 0. The molecule has 0 aromatic heterocycles. The standard InChI is InChI=1S/C15H22ClN3.HI/c1-11(2)19-14(17)18-10-15(8-5-9-15)12-6-3-4-7-13(12)16;/h3-4,6-7,11H,5,8-10H2,1-2H3,(H3,17,18,19);1H. The highest BCUT2D eigenvalue weighted by atomic mass is 127. The van der Waals surface area contributed by atoms with Crippen LogP contribution in [0, 0.1) is 0 Å². The van der Waals surface area contributed by atoms with E-state index in [1.165, 1.54) is 12.0 Å². The lowest BCUT2D eigenvalue weighted by molar-refractivity contribution is 0.253. The molecule has 0 atom stereocenters. The maximum atomic E-state index is 6.33. The van der Waals surface area contributed by atoms with E-state index in [4.69, 9.17) is 17.3 Å². The van der Waals surface area contributed by atoms with Crippen molar-refractivity contribution < 1.29 is 0 Å². The van der Waals surface area contributed by atoms with Gasteiger partial charge in [-0.15, -0.1) is 24.0 Å². The molecule has 1 aliphatic carbocycles. The first-order valence-corrected chi connectivity index (χ1v) is 7.23. The van der Waals surface area contributed by atoms with E-state index in [1.807, 2.05) is 18.2 Å². The molecule has 1 fully saturated rings. The van der Waals surface area contributed by atoms with Gasteiger partial charge < -0.3 is 11.1 Å². The Kier molecular flexibility index (Phi) is 6.58. The molecule has 0 radical (unpaired) electrons. The summed E-state index contributed by atoms with van der Waals surface area (Å²) in [5.74, 6) is 0.522. The quantitative estimate of drug-likeness (QED) is 0.454. The number of halogens is 2. The van der Waals surface area contributed by atoms with E-state index < -0.39 is 0 Å². The molecule has 0 spiro atoms. The molecule has 20 heavy (non-hydrogen) atoms. The van der Waals surface area contributed by atoms with E-state index in [0.29, 0.717) is 18.5 Å². The summed E-state index contributed by atoms with van der Waals surface area (Å²) in [6.07, 6.45) is 3.50. The molecule has 0 aliphatic heterocycles. The van der Waals surface area contributed by atoms with Gasteiger partial charge >= 0.3 is 0 Å². The fraction of sp³-hybridized carbons (Fsp3) is 0.533. The number of nitrogens with zero attached hydrogens (tertiary/aromatic N) is 1. The molecule has 1 aromatic rings. The Bertz CT molecular complexity index is 470. The van der Waals surface area contributed by atoms with Crippen molar-refractivity contribution in [2.24, 2.45) is 10.7 Å². The summed E-state index contributed by atoms with van der Waals surface area (Å²) in [4.78, 5) is 4.50. The molecule has 3 nitrogen and oxygen atoms in total. The minimum absolute atomic E-state index is 0. The Balaban J connectivity index is 0.00000200. The van der Waals surface area contributed by atoms with Gasteiger partial charge in [-0.25, -0.2) is 0 Å². The van der Waals surface area contributed by atoms with E-state index >= 15 is 0 Å². The van der Waals surface area contributed by atoms with Crippen LogP contribution < -0.4 is 11.1 Å². The molecule has 1 saturated carbocycles. The number of hydrogen-bond donors (Lipinski definition) is 2. The van der Waals surface area contributed by atoms with Crippen LogP contribution in [0.4, 0.5) is 0 Å². The van der Waals surface area contributed by atoms with Crippen LogP contribution in [0.2, 0.25) is 5.02 Å². The predicted octanol–water partition coefficient (Wildman–Crippen LogP) is 3.69. The molecule has 0 saturated heterocycles. The zero-order valence-corrected chi connectivity index (χ0v) is 15.1. The highest BCUT2D eigenvalue weighted by Crippen LogP contribution is 2.46. The number of rotatable bonds is 4. The van der Waals surface area contributed by atoms with E-state index in [-0.39, 0.29) is 29.4 Å². The second-order valence-corrected chi connectivity index (χ2v) is 6.02. The molecule has 0 unspecified atom stereocenters. The highest BCUT2D eigenvalue weighted by Gasteiger charge is 2.39. The molecule has 0 bridgehead atoms. The lowest BCUT2D eigenvalue weighted by Crippen LogP contribution is -2.41. The van der Waals surface area contributed by atoms with Gasteiger partial charge in [-0.1, -0.05) is 36.2 Å². The number of nitrogens with two attached hydrogens (primary N) is 1. The van der Waals surface area contributed by atoms with E-state index in [9.17, 15) is 0 Å². The van der Waals surface area contributed by atoms with Crippen molar-refractivity contribution in [3.8, 4) is 0 Å². The summed E-state index contributed by atoms with van der Waals surface area (Å²) < 4.78 is 0. The average Bonchev–Trinajstić information content (AvgIpc) is 2.29. The van der Waals surface area contributed by atoms with Crippen molar-refractivity contribution in [3.63, 3.8) is 0 Å². The van der Waals surface area contributed by atoms with Gasteiger partial charge in [0, 0.05) is 16.5 Å². The number of benzene rings is 1. The number of guanidine groups is 1. The Morgan fingerprint density at radius 3 is 2.55 bits per heavy atom. The molecular formula is C15H23ClIN3. The molecule has 5 heteroatoms. The smallest absolute Gasteiger partial charge is 0.188 e. The van der Waals surface area contributed by atoms with Gasteiger partial charge in [0.2, 0.25) is 0 Å². The Morgan fingerprint density at radius 2 is 2.05 bits per heavy atom. The Hall–Kier alpha value is -0.490. The lowest BCUT2D eigenvalue weighted by Gasteiger charge is -2.41. The normalized spacial score (nSPS) is 17.3. The molecule has 0 amide bonds. The fourth-order valence-electron chi connectivity index (χ4n) is 2.59. The molecule has 1 aliphatic rings. The van der Waals surface area contributed by atoms with Gasteiger partial charge in [0.1, 0.15) is 0 Å². The summed E-state index contributed by atoms with van der Waals surface area (Å²) in [6, 6.07) is 8.39. The third kappa shape index (κ3) is 4.01. The van der Waals surface area contributed by atoms with Crippen LogP contribution in [-0.4, -0.2) is 18.5 Å². The van der Waals surface area contributed by atoms with Crippen molar-refractivity contribution in [3.05, 3.63) is 34.9 Å².